The van der Waals surface area contributed by atoms with E-state index in [-0.39, 0.29) is 6.10 Å². The highest BCUT2D eigenvalue weighted by Crippen LogP contribution is 2.97. The lowest BCUT2D eigenvalue weighted by Gasteiger charge is -2.38. The second-order valence-electron chi connectivity index (χ2n) is 6.32. The third-order valence-corrected chi connectivity index (χ3v) is 6.44. The number of hydrogen-bond acceptors (Lipinski definition) is 2. The molecule has 0 aromatic carbocycles. The highest BCUT2D eigenvalue weighted by atomic mass is 16.5. The summed E-state index contributed by atoms with van der Waals surface area (Å²) in [5.74, 6) is 6.35. The van der Waals surface area contributed by atoms with Crippen LogP contribution in [0.5, 0.6) is 0 Å². The Morgan fingerprint density at radius 3 is 2.71 bits per heavy atom. The second-order valence-corrected chi connectivity index (χ2v) is 6.32. The molecule has 0 spiro atoms. The quantitative estimate of drug-likeness (QED) is 0.699. The summed E-state index contributed by atoms with van der Waals surface area (Å²) in [6, 6.07) is 0. The molecule has 0 aromatic heterocycles. The van der Waals surface area contributed by atoms with Gasteiger partial charge in [0.15, 0.2) is 0 Å². The Hall–Kier alpha value is -0.0800. The molecule has 2 heteroatoms. The zero-order valence-corrected chi connectivity index (χ0v) is 8.39. The Balaban J connectivity index is 1.66. The van der Waals surface area contributed by atoms with Crippen LogP contribution in [0.25, 0.3) is 0 Å². The molecule has 1 N–H and O–H groups in total. The lowest BCUT2D eigenvalue weighted by atomic mass is 9.69. The lowest BCUT2D eigenvalue weighted by molar-refractivity contribution is -0.0127. The predicted molar refractivity (Wildman–Crippen MR) is 49.4 cm³/mol. The number of aliphatic hydroxyl groups is 1. The van der Waals surface area contributed by atoms with Gasteiger partial charge in [0.1, 0.15) is 0 Å². The van der Waals surface area contributed by atoms with Gasteiger partial charge in [0.25, 0.3) is 0 Å². The smallest absolute Gasteiger partial charge is 0.0577 e. The van der Waals surface area contributed by atoms with E-state index in [1.807, 2.05) is 7.11 Å². The molecular formula is C12H16O2. The normalized spacial score (nSPS) is 79.3. The van der Waals surface area contributed by atoms with Gasteiger partial charge >= 0.3 is 0 Å². The molecule has 0 unspecified atom stereocenters. The lowest BCUT2D eigenvalue weighted by Crippen LogP contribution is -2.39. The van der Waals surface area contributed by atoms with Crippen molar-refractivity contribution in [2.45, 2.75) is 12.5 Å². The van der Waals surface area contributed by atoms with Gasteiger partial charge in [-0.25, -0.2) is 0 Å². The Labute approximate surface area is 83.6 Å². The summed E-state index contributed by atoms with van der Waals surface area (Å²) in [5.41, 5.74) is 0.580. The monoisotopic (exact) mass is 192 g/mol. The largest absolute Gasteiger partial charge is 0.393 e. The predicted octanol–water partition coefficient (Wildman–Crippen LogP) is 0.752. The van der Waals surface area contributed by atoms with Crippen LogP contribution in [0.2, 0.25) is 0 Å². The minimum absolute atomic E-state index is 0.0498. The first-order chi connectivity index (χ1) is 6.82. The van der Waals surface area contributed by atoms with E-state index in [1.165, 1.54) is 0 Å². The van der Waals surface area contributed by atoms with Crippen LogP contribution in [0.3, 0.4) is 0 Å². The Kier molecular flexibility index (Phi) is 0.875. The molecule has 9 atom stereocenters. The fourth-order valence-corrected chi connectivity index (χ4v) is 6.60. The van der Waals surface area contributed by atoms with Gasteiger partial charge in [-0.05, 0) is 47.8 Å². The molecule has 76 valence electrons. The van der Waals surface area contributed by atoms with E-state index >= 15 is 0 Å². The molecule has 6 rings (SSSR count). The average molecular weight is 192 g/mol. The average Bonchev–Trinajstić information content (AvgIpc) is 2.98. The van der Waals surface area contributed by atoms with Gasteiger partial charge < -0.3 is 9.84 Å². The zero-order valence-electron chi connectivity index (χ0n) is 8.39. The van der Waals surface area contributed by atoms with Gasteiger partial charge in [-0.1, -0.05) is 0 Å². The summed E-state index contributed by atoms with van der Waals surface area (Å²) in [6.45, 7) is 0.986. The van der Waals surface area contributed by atoms with Crippen LogP contribution in [0.15, 0.2) is 0 Å². The fourth-order valence-electron chi connectivity index (χ4n) is 6.60. The molecule has 6 aliphatic rings. The van der Waals surface area contributed by atoms with Crippen LogP contribution in [0.4, 0.5) is 0 Å². The van der Waals surface area contributed by atoms with Gasteiger partial charge in [-0.15, -0.1) is 0 Å². The van der Waals surface area contributed by atoms with E-state index < -0.39 is 0 Å². The van der Waals surface area contributed by atoms with Gasteiger partial charge in [0.05, 0.1) is 12.7 Å². The Morgan fingerprint density at radius 2 is 2.07 bits per heavy atom. The summed E-state index contributed by atoms with van der Waals surface area (Å²) in [4.78, 5) is 0. The summed E-state index contributed by atoms with van der Waals surface area (Å²) in [5, 5.41) is 10.0. The van der Waals surface area contributed by atoms with Crippen LogP contribution in [-0.4, -0.2) is 24.9 Å². The number of ether oxygens (including phenoxy) is 1. The second kappa shape index (κ2) is 1.69. The summed E-state index contributed by atoms with van der Waals surface area (Å²) >= 11 is 0. The van der Waals surface area contributed by atoms with E-state index in [1.54, 1.807) is 0 Å². The maximum Gasteiger partial charge on any atom is 0.0577 e. The van der Waals surface area contributed by atoms with Crippen LogP contribution in [0, 0.1) is 46.8 Å². The molecular weight excluding hydrogens is 176 g/mol. The van der Waals surface area contributed by atoms with Crippen molar-refractivity contribution in [1.82, 2.24) is 0 Å². The van der Waals surface area contributed by atoms with Crippen molar-refractivity contribution in [3.05, 3.63) is 0 Å². The Bertz CT molecular complexity index is 337. The first-order valence-electron chi connectivity index (χ1n) is 5.99. The molecule has 0 heterocycles. The van der Waals surface area contributed by atoms with Crippen LogP contribution in [0.1, 0.15) is 6.42 Å². The van der Waals surface area contributed by atoms with Crippen molar-refractivity contribution in [1.29, 1.82) is 0 Å². The minimum atomic E-state index is 0.0498. The molecule has 0 saturated heterocycles. The van der Waals surface area contributed by atoms with Crippen molar-refractivity contribution in [2.24, 2.45) is 46.8 Å². The summed E-state index contributed by atoms with van der Waals surface area (Å²) in [6.07, 6.45) is 1.17. The van der Waals surface area contributed by atoms with E-state index in [2.05, 4.69) is 0 Å². The molecule has 6 saturated carbocycles. The third kappa shape index (κ3) is 0.424. The van der Waals surface area contributed by atoms with E-state index in [0.717, 1.165) is 48.5 Å². The molecule has 0 aromatic rings. The molecule has 2 nitrogen and oxygen atoms in total. The Morgan fingerprint density at radius 1 is 1.21 bits per heavy atom. The number of hydrogen-bond donors (Lipinski definition) is 1. The highest BCUT2D eigenvalue weighted by molar-refractivity contribution is 5.42. The maximum absolute atomic E-state index is 10.0. The van der Waals surface area contributed by atoms with Gasteiger partial charge in [0, 0.05) is 12.5 Å². The van der Waals surface area contributed by atoms with E-state index in [0.29, 0.717) is 11.3 Å². The van der Waals surface area contributed by atoms with Gasteiger partial charge in [-0.3, -0.25) is 0 Å². The number of aliphatic hydroxyl groups excluding tert-OH is 1. The first-order valence-corrected chi connectivity index (χ1v) is 5.99. The van der Waals surface area contributed by atoms with Crippen LogP contribution < -0.4 is 0 Å². The molecule has 6 aliphatic carbocycles. The molecule has 0 aliphatic heterocycles. The topological polar surface area (TPSA) is 29.5 Å². The number of methoxy groups -OCH3 is 1. The van der Waals surface area contributed by atoms with E-state index in [4.69, 9.17) is 4.74 Å². The number of fused-ring (bicyclic) bond motifs is 1. The van der Waals surface area contributed by atoms with Crippen LogP contribution >= 0.6 is 0 Å². The standard InChI is InChI=1S/C12H16O2/c1-14-3-12-9-4-2-5(13)7(11(9)12)8-6(4)10(8)12/h4-11,13H,2-3H2,1H3/t4-,5+,6-,7+,8-,9+,10-,11+,12-/m0/s1. The summed E-state index contributed by atoms with van der Waals surface area (Å²) < 4.78 is 5.44. The highest BCUT2D eigenvalue weighted by Gasteiger charge is 2.96. The van der Waals surface area contributed by atoms with E-state index in [9.17, 15) is 5.11 Å². The third-order valence-electron chi connectivity index (χ3n) is 6.44. The molecule has 0 amide bonds. The molecule has 6 fully saturated rings. The van der Waals surface area contributed by atoms with Crippen molar-refractivity contribution >= 4 is 0 Å². The first kappa shape index (κ1) is 7.24. The van der Waals surface area contributed by atoms with Crippen LogP contribution in [-0.2, 0) is 4.74 Å². The zero-order chi connectivity index (χ0) is 9.24. The van der Waals surface area contributed by atoms with Crippen molar-refractivity contribution in [3.8, 4) is 0 Å². The van der Waals surface area contributed by atoms with Crippen molar-refractivity contribution < 1.29 is 9.84 Å². The molecule has 0 radical (unpaired) electrons. The minimum Gasteiger partial charge on any atom is -0.393 e. The van der Waals surface area contributed by atoms with Gasteiger partial charge in [-0.2, -0.15) is 0 Å². The molecule has 14 heavy (non-hydrogen) atoms. The van der Waals surface area contributed by atoms with Crippen molar-refractivity contribution in [2.75, 3.05) is 13.7 Å². The van der Waals surface area contributed by atoms with Gasteiger partial charge in [0.2, 0.25) is 0 Å². The van der Waals surface area contributed by atoms with Crippen molar-refractivity contribution in [3.63, 3.8) is 0 Å². The molecule has 2 bridgehead atoms. The fraction of sp³-hybridized carbons (Fsp3) is 1.00. The summed E-state index contributed by atoms with van der Waals surface area (Å²) in [7, 11) is 1.84. The number of rotatable bonds is 2. The SMILES string of the molecule is COC[C@]12[C@@H]3[C@@H]4[C@@H]5[C@@H]1[C@H]2[C@@H](C[C@H]5O)[C@@H]43. The maximum atomic E-state index is 10.0.